The Morgan fingerprint density at radius 1 is 1.47 bits per heavy atom. The van der Waals surface area contributed by atoms with Gasteiger partial charge in [0.2, 0.25) is 5.95 Å². The summed E-state index contributed by atoms with van der Waals surface area (Å²) >= 11 is 0. The molecule has 1 atom stereocenters. The van der Waals surface area contributed by atoms with E-state index in [-0.39, 0.29) is 22.9 Å². The summed E-state index contributed by atoms with van der Waals surface area (Å²) in [6, 6.07) is 3.03. The Hall–Kier alpha value is -1.45. The molecule has 1 unspecified atom stereocenters. The molecule has 0 N–H and O–H groups in total. The number of pyridine rings is 1. The molecule has 0 aliphatic carbocycles. The molecule has 94 valence electrons. The molecule has 4 heteroatoms. The summed E-state index contributed by atoms with van der Waals surface area (Å²) < 4.78 is 13.4. The standard InChI is InChI=1S/C13H19FN2O/c1-9(13(2,3)4)16(5)12(17)10-7-6-8-15-11(10)14/h6-9H,1-5H3. The van der Waals surface area contributed by atoms with E-state index < -0.39 is 5.95 Å². The molecular weight excluding hydrogens is 219 g/mol. The van der Waals surface area contributed by atoms with Gasteiger partial charge in [-0.15, -0.1) is 0 Å². The maximum Gasteiger partial charge on any atom is 0.258 e. The zero-order chi connectivity index (χ0) is 13.2. The summed E-state index contributed by atoms with van der Waals surface area (Å²) in [6.07, 6.45) is 1.33. The smallest absolute Gasteiger partial charge is 0.258 e. The van der Waals surface area contributed by atoms with E-state index in [0.717, 1.165) is 0 Å². The highest BCUT2D eigenvalue weighted by Gasteiger charge is 2.28. The molecule has 0 saturated heterocycles. The van der Waals surface area contributed by atoms with Crippen LogP contribution in [0, 0.1) is 11.4 Å². The number of nitrogens with zero attached hydrogens (tertiary/aromatic N) is 2. The van der Waals surface area contributed by atoms with Gasteiger partial charge >= 0.3 is 0 Å². The molecule has 1 aromatic rings. The second-order valence-electron chi connectivity index (χ2n) is 5.30. The van der Waals surface area contributed by atoms with Gasteiger partial charge in [-0.25, -0.2) is 4.98 Å². The van der Waals surface area contributed by atoms with Crippen molar-refractivity contribution < 1.29 is 9.18 Å². The van der Waals surface area contributed by atoms with Gasteiger partial charge in [0, 0.05) is 19.3 Å². The quantitative estimate of drug-likeness (QED) is 0.742. The number of halogens is 1. The molecule has 0 fully saturated rings. The van der Waals surface area contributed by atoms with Crippen molar-refractivity contribution in [1.29, 1.82) is 0 Å². The van der Waals surface area contributed by atoms with Gasteiger partial charge in [0.1, 0.15) is 0 Å². The molecular formula is C13H19FN2O. The van der Waals surface area contributed by atoms with Crippen LogP contribution < -0.4 is 0 Å². The van der Waals surface area contributed by atoms with Gasteiger partial charge in [-0.05, 0) is 24.5 Å². The van der Waals surface area contributed by atoms with Crippen LogP contribution in [0.3, 0.4) is 0 Å². The van der Waals surface area contributed by atoms with Crippen LogP contribution in [-0.2, 0) is 0 Å². The van der Waals surface area contributed by atoms with Crippen LogP contribution in [0.1, 0.15) is 38.1 Å². The molecule has 0 spiro atoms. The van der Waals surface area contributed by atoms with Crippen molar-refractivity contribution in [3.8, 4) is 0 Å². The number of amides is 1. The maximum absolute atomic E-state index is 13.4. The SMILES string of the molecule is CC(N(C)C(=O)c1cccnc1F)C(C)(C)C. The van der Waals surface area contributed by atoms with E-state index in [1.165, 1.54) is 12.3 Å². The first-order valence-electron chi connectivity index (χ1n) is 5.63. The first-order valence-corrected chi connectivity index (χ1v) is 5.63. The summed E-state index contributed by atoms with van der Waals surface area (Å²) in [5.74, 6) is -1.05. The monoisotopic (exact) mass is 238 g/mol. The fourth-order valence-electron chi connectivity index (χ4n) is 1.49. The molecule has 0 bridgehead atoms. The summed E-state index contributed by atoms with van der Waals surface area (Å²) in [4.78, 5) is 17.1. The lowest BCUT2D eigenvalue weighted by atomic mass is 9.87. The van der Waals surface area contributed by atoms with E-state index in [2.05, 4.69) is 4.98 Å². The highest BCUT2D eigenvalue weighted by atomic mass is 19.1. The Labute approximate surface area is 102 Å². The fraction of sp³-hybridized carbons (Fsp3) is 0.538. The van der Waals surface area contributed by atoms with Crippen molar-refractivity contribution in [2.75, 3.05) is 7.05 Å². The van der Waals surface area contributed by atoms with Crippen molar-refractivity contribution in [3.63, 3.8) is 0 Å². The normalized spacial score (nSPS) is 13.3. The summed E-state index contributed by atoms with van der Waals surface area (Å²) in [7, 11) is 1.69. The minimum absolute atomic E-state index is 0.00889. The Morgan fingerprint density at radius 2 is 2.06 bits per heavy atom. The van der Waals surface area contributed by atoms with Crippen molar-refractivity contribution >= 4 is 5.91 Å². The molecule has 1 amide bonds. The minimum atomic E-state index is -0.717. The lowest BCUT2D eigenvalue weighted by Gasteiger charge is -2.35. The highest BCUT2D eigenvalue weighted by Crippen LogP contribution is 2.24. The number of hydrogen-bond acceptors (Lipinski definition) is 2. The second-order valence-corrected chi connectivity index (χ2v) is 5.30. The van der Waals surface area contributed by atoms with Gasteiger partial charge in [-0.3, -0.25) is 4.79 Å². The number of carbonyl (C=O) groups is 1. The van der Waals surface area contributed by atoms with Crippen LogP contribution in [0.15, 0.2) is 18.3 Å². The van der Waals surface area contributed by atoms with E-state index in [1.54, 1.807) is 18.0 Å². The molecule has 3 nitrogen and oxygen atoms in total. The Kier molecular flexibility index (Phi) is 3.86. The van der Waals surface area contributed by atoms with Gasteiger partial charge in [0.05, 0.1) is 5.56 Å². The number of hydrogen-bond donors (Lipinski definition) is 0. The van der Waals surface area contributed by atoms with Crippen molar-refractivity contribution in [2.24, 2.45) is 5.41 Å². The van der Waals surface area contributed by atoms with Crippen LogP contribution in [0.4, 0.5) is 4.39 Å². The van der Waals surface area contributed by atoms with Gasteiger partial charge < -0.3 is 4.90 Å². The number of carbonyl (C=O) groups excluding carboxylic acids is 1. The third-order valence-electron chi connectivity index (χ3n) is 3.14. The maximum atomic E-state index is 13.4. The van der Waals surface area contributed by atoms with E-state index >= 15 is 0 Å². The van der Waals surface area contributed by atoms with Gasteiger partial charge in [-0.1, -0.05) is 20.8 Å². The van der Waals surface area contributed by atoms with Crippen molar-refractivity contribution in [2.45, 2.75) is 33.7 Å². The molecule has 0 saturated carbocycles. The Morgan fingerprint density at radius 3 is 2.53 bits per heavy atom. The minimum Gasteiger partial charge on any atom is -0.338 e. The van der Waals surface area contributed by atoms with Gasteiger partial charge in [0.25, 0.3) is 5.91 Å². The molecule has 1 heterocycles. The molecule has 1 aromatic heterocycles. The molecule has 0 aliphatic heterocycles. The second kappa shape index (κ2) is 4.82. The molecule has 0 aliphatic rings. The van der Waals surface area contributed by atoms with E-state index in [4.69, 9.17) is 0 Å². The Bertz CT molecular complexity index is 412. The van der Waals surface area contributed by atoms with Gasteiger partial charge in [-0.2, -0.15) is 4.39 Å². The van der Waals surface area contributed by atoms with Crippen LogP contribution in [-0.4, -0.2) is 28.9 Å². The molecule has 1 rings (SSSR count). The zero-order valence-electron chi connectivity index (χ0n) is 11.0. The topological polar surface area (TPSA) is 33.2 Å². The van der Waals surface area contributed by atoms with E-state index in [0.29, 0.717) is 0 Å². The number of aromatic nitrogens is 1. The average Bonchev–Trinajstić information content (AvgIpc) is 2.25. The van der Waals surface area contributed by atoms with Crippen LogP contribution in [0.5, 0.6) is 0 Å². The van der Waals surface area contributed by atoms with Crippen LogP contribution in [0.25, 0.3) is 0 Å². The molecule has 0 radical (unpaired) electrons. The van der Waals surface area contributed by atoms with Crippen LogP contribution >= 0.6 is 0 Å². The third kappa shape index (κ3) is 3.02. The largest absolute Gasteiger partial charge is 0.338 e. The zero-order valence-corrected chi connectivity index (χ0v) is 11.0. The van der Waals surface area contributed by atoms with Crippen molar-refractivity contribution in [1.82, 2.24) is 9.88 Å². The van der Waals surface area contributed by atoms with Gasteiger partial charge in [0.15, 0.2) is 0 Å². The first-order chi connectivity index (χ1) is 7.75. The lowest BCUT2D eigenvalue weighted by Crippen LogP contribution is -2.43. The Balaban J connectivity index is 2.95. The van der Waals surface area contributed by atoms with Crippen molar-refractivity contribution in [3.05, 3.63) is 29.8 Å². The van der Waals surface area contributed by atoms with E-state index in [1.807, 2.05) is 27.7 Å². The van der Waals surface area contributed by atoms with E-state index in [9.17, 15) is 9.18 Å². The predicted octanol–water partition coefficient (Wildman–Crippen LogP) is 2.73. The third-order valence-corrected chi connectivity index (χ3v) is 3.14. The molecule has 17 heavy (non-hydrogen) atoms. The molecule has 0 aromatic carbocycles. The first kappa shape index (κ1) is 13.6. The fourth-order valence-corrected chi connectivity index (χ4v) is 1.49. The summed E-state index contributed by atoms with van der Waals surface area (Å²) in [5, 5.41) is 0. The average molecular weight is 238 g/mol. The van der Waals surface area contributed by atoms with Crippen LogP contribution in [0.2, 0.25) is 0 Å². The predicted molar refractivity (Wildman–Crippen MR) is 65.2 cm³/mol. The highest BCUT2D eigenvalue weighted by molar-refractivity contribution is 5.94. The number of rotatable bonds is 2. The summed E-state index contributed by atoms with van der Waals surface area (Å²) in [6.45, 7) is 8.08. The lowest BCUT2D eigenvalue weighted by molar-refractivity contribution is 0.0623. The summed E-state index contributed by atoms with van der Waals surface area (Å²) in [5.41, 5.74) is -0.0329.